The Morgan fingerprint density at radius 2 is 0.968 bits per heavy atom. The summed E-state index contributed by atoms with van der Waals surface area (Å²) < 4.78 is 7.31. The average molecular weight is 819 g/mol. The Hall–Kier alpha value is -8.12. The summed E-state index contributed by atoms with van der Waals surface area (Å²) in [6, 6.07) is 74.8. The van der Waals surface area contributed by atoms with Crippen LogP contribution >= 0.6 is 11.3 Å². The fourth-order valence-electron chi connectivity index (χ4n) is 10.3. The van der Waals surface area contributed by atoms with Gasteiger partial charge in [0.1, 0.15) is 0 Å². The Morgan fingerprint density at radius 1 is 0.365 bits per heavy atom. The molecule has 0 saturated carbocycles. The van der Waals surface area contributed by atoms with Gasteiger partial charge >= 0.3 is 0 Å². The highest BCUT2D eigenvalue weighted by molar-refractivity contribution is 7.26. The Morgan fingerprint density at radius 3 is 1.73 bits per heavy atom. The molecule has 63 heavy (non-hydrogen) atoms. The summed E-state index contributed by atoms with van der Waals surface area (Å²) in [7, 11) is 0. The Labute approximate surface area is 365 Å². The van der Waals surface area contributed by atoms with Crippen LogP contribution in [0.25, 0.3) is 130 Å². The standard InChI is InChI=1S/C58H34N4S/c1-2-16-38(17-3-1)61-51-24-12-9-20-42(51)43-29-28-37(32-52(43)61)54-47-22-8-11-23-50(47)59-58(60-54)49-34-39(33-48-44-21-10-13-25-53(44)63-57(48)49)62-55-40-18-6-4-14-35(40)26-30-45(55)46-31-27-36-15-5-7-19-41(36)56(46)62/h1-34H. The molecule has 0 aliphatic rings. The number of rotatable bonds is 4. The molecule has 4 heterocycles. The highest BCUT2D eigenvalue weighted by Gasteiger charge is 2.23. The maximum absolute atomic E-state index is 5.65. The predicted octanol–water partition coefficient (Wildman–Crippen LogP) is 15.8. The minimum Gasteiger partial charge on any atom is -0.309 e. The molecule has 0 unspecified atom stereocenters. The highest BCUT2D eigenvalue weighted by Crippen LogP contribution is 2.46. The van der Waals surface area contributed by atoms with Gasteiger partial charge in [0, 0.05) is 80.4 Å². The molecule has 10 aromatic carbocycles. The van der Waals surface area contributed by atoms with Gasteiger partial charge in [-0.2, -0.15) is 0 Å². The topological polar surface area (TPSA) is 35.6 Å². The Balaban J connectivity index is 1.09. The van der Waals surface area contributed by atoms with Crippen molar-refractivity contribution in [2.75, 3.05) is 0 Å². The molecule has 0 radical (unpaired) electrons. The lowest BCUT2D eigenvalue weighted by Crippen LogP contribution is -1.99. The lowest BCUT2D eigenvalue weighted by atomic mass is 10.0. The number of nitrogens with zero attached hydrogens (tertiary/aromatic N) is 4. The van der Waals surface area contributed by atoms with Crippen LogP contribution in [-0.4, -0.2) is 19.1 Å². The maximum atomic E-state index is 5.65. The van der Waals surface area contributed by atoms with Crippen LogP contribution in [0.15, 0.2) is 206 Å². The number of benzene rings is 10. The first-order valence-electron chi connectivity index (χ1n) is 21.4. The number of para-hydroxylation sites is 3. The van der Waals surface area contributed by atoms with E-state index < -0.39 is 0 Å². The number of thiophene rings is 1. The molecule has 0 aliphatic carbocycles. The van der Waals surface area contributed by atoms with Crippen LogP contribution in [0.1, 0.15) is 0 Å². The third kappa shape index (κ3) is 5.03. The maximum Gasteiger partial charge on any atom is 0.161 e. The van der Waals surface area contributed by atoms with Gasteiger partial charge in [-0.3, -0.25) is 0 Å². The van der Waals surface area contributed by atoms with Crippen LogP contribution in [-0.2, 0) is 0 Å². The zero-order chi connectivity index (χ0) is 41.2. The Kier molecular flexibility index (Phi) is 7.24. The summed E-state index contributed by atoms with van der Waals surface area (Å²) in [5.41, 5.74) is 10.8. The monoisotopic (exact) mass is 818 g/mol. The van der Waals surface area contributed by atoms with Gasteiger partial charge in [-0.1, -0.05) is 158 Å². The molecule has 5 heteroatoms. The molecule has 0 aliphatic heterocycles. The van der Waals surface area contributed by atoms with Gasteiger partial charge in [-0.15, -0.1) is 11.3 Å². The van der Waals surface area contributed by atoms with Gasteiger partial charge in [-0.25, -0.2) is 9.97 Å². The highest BCUT2D eigenvalue weighted by atomic mass is 32.1. The average Bonchev–Trinajstić information content (AvgIpc) is 4.01. The van der Waals surface area contributed by atoms with E-state index >= 15 is 0 Å². The third-order valence-electron chi connectivity index (χ3n) is 13.1. The SMILES string of the molecule is c1ccc(-n2c3ccccc3c3ccc(-c4nc(-c5cc(-n6c7c8ccccc8ccc7c7ccc8ccccc8c76)cc6c5sc5ccccc56)nc5ccccc45)cc32)cc1. The fourth-order valence-corrected chi connectivity index (χ4v) is 11.5. The van der Waals surface area contributed by atoms with Crippen LogP contribution in [0, 0.1) is 0 Å². The first-order valence-corrected chi connectivity index (χ1v) is 22.2. The molecule has 4 nitrogen and oxygen atoms in total. The van der Waals surface area contributed by atoms with Gasteiger partial charge in [-0.05, 0) is 59.3 Å². The number of aromatic nitrogens is 4. The second-order valence-electron chi connectivity index (χ2n) is 16.5. The molecule has 0 amide bonds. The van der Waals surface area contributed by atoms with Crippen molar-refractivity contribution >= 4 is 108 Å². The molecule has 0 N–H and O–H groups in total. The van der Waals surface area contributed by atoms with Crippen LogP contribution in [0.5, 0.6) is 0 Å². The van der Waals surface area contributed by atoms with Gasteiger partial charge in [0.15, 0.2) is 5.82 Å². The van der Waals surface area contributed by atoms with E-state index in [1.807, 2.05) is 11.3 Å². The van der Waals surface area contributed by atoms with Crippen molar-refractivity contribution in [1.29, 1.82) is 0 Å². The molecular formula is C58H34N4S. The first-order chi connectivity index (χ1) is 31.2. The fraction of sp³-hybridized carbons (Fsp3) is 0. The van der Waals surface area contributed by atoms with Crippen molar-refractivity contribution in [3.05, 3.63) is 206 Å². The van der Waals surface area contributed by atoms with E-state index in [9.17, 15) is 0 Å². The number of fused-ring (bicyclic) bond motifs is 14. The molecule has 0 atom stereocenters. The smallest absolute Gasteiger partial charge is 0.161 e. The summed E-state index contributed by atoms with van der Waals surface area (Å²) in [5, 5.41) is 13.2. The van der Waals surface area contributed by atoms with Crippen LogP contribution in [0.3, 0.4) is 0 Å². The summed E-state index contributed by atoms with van der Waals surface area (Å²) >= 11 is 1.82. The molecule has 0 spiro atoms. The zero-order valence-corrected chi connectivity index (χ0v) is 34.6. The van der Waals surface area contributed by atoms with Gasteiger partial charge in [0.2, 0.25) is 0 Å². The Bertz CT molecular complexity index is 4120. The van der Waals surface area contributed by atoms with Crippen LogP contribution in [0.2, 0.25) is 0 Å². The van der Waals surface area contributed by atoms with E-state index in [0.717, 1.165) is 44.6 Å². The second kappa shape index (κ2) is 13.2. The lowest BCUT2D eigenvalue weighted by Gasteiger charge is -2.15. The number of hydrogen-bond acceptors (Lipinski definition) is 3. The molecule has 4 aromatic heterocycles. The normalized spacial score (nSPS) is 12.1. The zero-order valence-electron chi connectivity index (χ0n) is 33.8. The van der Waals surface area contributed by atoms with E-state index in [0.29, 0.717) is 5.82 Å². The second-order valence-corrected chi connectivity index (χ2v) is 17.6. The summed E-state index contributed by atoms with van der Waals surface area (Å²) in [5.74, 6) is 0.710. The molecule has 14 rings (SSSR count). The lowest BCUT2D eigenvalue weighted by molar-refractivity contribution is 1.18. The molecule has 0 saturated heterocycles. The minimum atomic E-state index is 0.710. The molecule has 14 aromatic rings. The van der Waals surface area contributed by atoms with Crippen molar-refractivity contribution in [2.45, 2.75) is 0 Å². The van der Waals surface area contributed by atoms with Crippen molar-refractivity contribution in [3.63, 3.8) is 0 Å². The predicted molar refractivity (Wildman–Crippen MR) is 267 cm³/mol. The first kappa shape index (κ1) is 34.6. The van der Waals surface area contributed by atoms with E-state index in [1.54, 1.807) is 0 Å². The van der Waals surface area contributed by atoms with E-state index in [2.05, 4.69) is 215 Å². The van der Waals surface area contributed by atoms with Gasteiger partial charge < -0.3 is 9.13 Å². The molecule has 0 fully saturated rings. The summed E-state index contributed by atoms with van der Waals surface area (Å²) in [4.78, 5) is 11.1. The van der Waals surface area contributed by atoms with E-state index in [4.69, 9.17) is 9.97 Å². The van der Waals surface area contributed by atoms with Crippen molar-refractivity contribution in [3.8, 4) is 34.0 Å². The minimum absolute atomic E-state index is 0.710. The van der Waals surface area contributed by atoms with E-state index in [1.165, 1.54) is 79.8 Å². The number of hydrogen-bond donors (Lipinski definition) is 0. The van der Waals surface area contributed by atoms with Crippen LogP contribution < -0.4 is 0 Å². The third-order valence-corrected chi connectivity index (χ3v) is 14.3. The van der Waals surface area contributed by atoms with E-state index in [-0.39, 0.29) is 0 Å². The van der Waals surface area contributed by atoms with Crippen LogP contribution in [0.4, 0.5) is 0 Å². The molecule has 0 bridgehead atoms. The van der Waals surface area contributed by atoms with Gasteiger partial charge in [0.25, 0.3) is 0 Å². The largest absolute Gasteiger partial charge is 0.309 e. The van der Waals surface area contributed by atoms with Crippen molar-refractivity contribution in [1.82, 2.24) is 19.1 Å². The molecule has 292 valence electrons. The van der Waals surface area contributed by atoms with Crippen molar-refractivity contribution < 1.29 is 0 Å². The molecular weight excluding hydrogens is 785 g/mol. The summed E-state index contributed by atoms with van der Waals surface area (Å²) in [6.45, 7) is 0. The van der Waals surface area contributed by atoms with Crippen molar-refractivity contribution in [2.24, 2.45) is 0 Å². The summed E-state index contributed by atoms with van der Waals surface area (Å²) in [6.07, 6.45) is 0. The quantitative estimate of drug-likeness (QED) is 0.177. The van der Waals surface area contributed by atoms with Gasteiger partial charge in [0.05, 0.1) is 33.3 Å².